The van der Waals surface area contributed by atoms with Crippen LogP contribution in [0.4, 0.5) is 27.5 Å². The molecule has 0 aliphatic rings. The van der Waals surface area contributed by atoms with E-state index in [0.29, 0.717) is 11.8 Å². The van der Waals surface area contributed by atoms with E-state index in [1.165, 1.54) is 12.1 Å². The third-order valence-corrected chi connectivity index (χ3v) is 3.78. The summed E-state index contributed by atoms with van der Waals surface area (Å²) in [7, 11) is 0. The van der Waals surface area contributed by atoms with Crippen molar-refractivity contribution in [3.63, 3.8) is 0 Å². The van der Waals surface area contributed by atoms with Crippen LogP contribution in [-0.4, -0.2) is 9.97 Å². The Hall–Kier alpha value is -2.47. The first-order valence-corrected chi connectivity index (χ1v) is 7.79. The first-order valence-electron chi connectivity index (χ1n) is 7.00. The van der Waals surface area contributed by atoms with Gasteiger partial charge in [0.25, 0.3) is 0 Å². The second kappa shape index (κ2) is 6.75. The van der Waals surface area contributed by atoms with Crippen LogP contribution in [0.2, 0.25) is 0 Å². The number of aryl methyl sites for hydroxylation is 1. The molecular formula is C17H14BrFN4. The summed E-state index contributed by atoms with van der Waals surface area (Å²) < 4.78 is 13.9. The molecule has 0 amide bonds. The maximum absolute atomic E-state index is 13.0. The molecule has 1 aromatic heterocycles. The van der Waals surface area contributed by atoms with Crippen LogP contribution in [0.25, 0.3) is 0 Å². The van der Waals surface area contributed by atoms with Crippen LogP contribution in [0.1, 0.15) is 5.69 Å². The van der Waals surface area contributed by atoms with E-state index in [-0.39, 0.29) is 5.82 Å². The van der Waals surface area contributed by atoms with Gasteiger partial charge in [0.1, 0.15) is 11.6 Å². The lowest BCUT2D eigenvalue weighted by Gasteiger charge is -2.11. The van der Waals surface area contributed by atoms with Crippen molar-refractivity contribution < 1.29 is 4.39 Å². The summed E-state index contributed by atoms with van der Waals surface area (Å²) in [5.74, 6) is 0.853. The van der Waals surface area contributed by atoms with Gasteiger partial charge in [-0.2, -0.15) is 4.98 Å². The molecule has 23 heavy (non-hydrogen) atoms. The topological polar surface area (TPSA) is 49.8 Å². The van der Waals surface area contributed by atoms with E-state index < -0.39 is 0 Å². The minimum absolute atomic E-state index is 0.272. The van der Waals surface area contributed by atoms with Crippen molar-refractivity contribution in [3.05, 3.63) is 70.6 Å². The number of halogens is 2. The van der Waals surface area contributed by atoms with Crippen molar-refractivity contribution in [1.29, 1.82) is 0 Å². The Balaban J connectivity index is 1.84. The molecule has 0 unspecified atom stereocenters. The first-order chi connectivity index (χ1) is 11.1. The summed E-state index contributed by atoms with van der Waals surface area (Å²) in [6, 6.07) is 15.7. The zero-order valence-corrected chi connectivity index (χ0v) is 13.9. The second-order valence-electron chi connectivity index (χ2n) is 4.95. The van der Waals surface area contributed by atoms with E-state index >= 15 is 0 Å². The Labute approximate surface area is 141 Å². The van der Waals surface area contributed by atoms with E-state index in [2.05, 4.69) is 36.5 Å². The predicted molar refractivity (Wildman–Crippen MR) is 93.9 cm³/mol. The van der Waals surface area contributed by atoms with E-state index in [0.717, 1.165) is 21.5 Å². The second-order valence-corrected chi connectivity index (χ2v) is 5.81. The average Bonchev–Trinajstić information content (AvgIpc) is 2.51. The number of aromatic nitrogens is 2. The number of rotatable bonds is 4. The molecular weight excluding hydrogens is 359 g/mol. The van der Waals surface area contributed by atoms with E-state index in [1.54, 1.807) is 12.1 Å². The molecule has 0 fully saturated rings. The molecule has 0 aliphatic carbocycles. The third kappa shape index (κ3) is 4.04. The zero-order chi connectivity index (χ0) is 16.2. The van der Waals surface area contributed by atoms with Crippen molar-refractivity contribution in [2.75, 3.05) is 10.6 Å². The number of hydrogen-bond acceptors (Lipinski definition) is 4. The van der Waals surface area contributed by atoms with Crippen molar-refractivity contribution in [3.8, 4) is 0 Å². The molecule has 116 valence electrons. The molecule has 4 nitrogen and oxygen atoms in total. The van der Waals surface area contributed by atoms with Crippen LogP contribution in [0.3, 0.4) is 0 Å². The predicted octanol–water partition coefficient (Wildman–Crippen LogP) is 5.17. The highest BCUT2D eigenvalue weighted by molar-refractivity contribution is 9.10. The highest BCUT2D eigenvalue weighted by Gasteiger charge is 2.05. The van der Waals surface area contributed by atoms with Gasteiger partial charge >= 0.3 is 0 Å². The Morgan fingerprint density at radius 2 is 1.70 bits per heavy atom. The molecule has 0 bridgehead atoms. The van der Waals surface area contributed by atoms with Gasteiger partial charge in [-0.1, -0.05) is 12.1 Å². The third-order valence-electron chi connectivity index (χ3n) is 3.09. The number of para-hydroxylation sites is 1. The Morgan fingerprint density at radius 3 is 2.43 bits per heavy atom. The SMILES string of the molecule is Cc1cc(Nc2ccc(F)cc2)nc(Nc2ccccc2Br)n1. The minimum Gasteiger partial charge on any atom is -0.340 e. The fourth-order valence-electron chi connectivity index (χ4n) is 2.05. The quantitative estimate of drug-likeness (QED) is 0.662. The lowest BCUT2D eigenvalue weighted by atomic mass is 10.3. The number of benzene rings is 2. The molecule has 0 radical (unpaired) electrons. The highest BCUT2D eigenvalue weighted by atomic mass is 79.9. The molecule has 2 N–H and O–H groups in total. The van der Waals surface area contributed by atoms with Crippen LogP contribution < -0.4 is 10.6 Å². The van der Waals surface area contributed by atoms with Crippen LogP contribution >= 0.6 is 15.9 Å². The van der Waals surface area contributed by atoms with Gasteiger partial charge in [0.2, 0.25) is 5.95 Å². The van der Waals surface area contributed by atoms with Gasteiger partial charge < -0.3 is 10.6 Å². The molecule has 6 heteroatoms. The van der Waals surface area contributed by atoms with Gasteiger partial charge in [0, 0.05) is 21.9 Å². The molecule has 2 aromatic carbocycles. The molecule has 0 aliphatic heterocycles. The van der Waals surface area contributed by atoms with E-state index in [1.807, 2.05) is 37.3 Å². The van der Waals surface area contributed by atoms with Gasteiger partial charge in [0.05, 0.1) is 5.69 Å². The summed E-state index contributed by atoms with van der Waals surface area (Å²) in [4.78, 5) is 8.82. The molecule has 0 saturated heterocycles. The molecule has 0 saturated carbocycles. The van der Waals surface area contributed by atoms with Crippen molar-refractivity contribution in [1.82, 2.24) is 9.97 Å². The van der Waals surface area contributed by atoms with Crippen molar-refractivity contribution in [2.45, 2.75) is 6.92 Å². The maximum Gasteiger partial charge on any atom is 0.229 e. The fraction of sp³-hybridized carbons (Fsp3) is 0.0588. The van der Waals surface area contributed by atoms with Crippen molar-refractivity contribution >= 4 is 39.1 Å². The Bertz CT molecular complexity index is 821. The average molecular weight is 373 g/mol. The molecule has 0 atom stereocenters. The minimum atomic E-state index is -0.272. The summed E-state index contributed by atoms with van der Waals surface area (Å²) in [5.41, 5.74) is 2.46. The van der Waals surface area contributed by atoms with Gasteiger partial charge in [-0.15, -0.1) is 0 Å². The zero-order valence-electron chi connectivity index (χ0n) is 12.3. The fourth-order valence-corrected chi connectivity index (χ4v) is 2.44. The van der Waals surface area contributed by atoms with Crippen LogP contribution in [0.15, 0.2) is 59.1 Å². The van der Waals surface area contributed by atoms with Crippen LogP contribution in [0, 0.1) is 12.7 Å². The largest absolute Gasteiger partial charge is 0.340 e. The van der Waals surface area contributed by atoms with Crippen molar-refractivity contribution in [2.24, 2.45) is 0 Å². The molecule has 1 heterocycles. The normalized spacial score (nSPS) is 10.4. The lowest BCUT2D eigenvalue weighted by Crippen LogP contribution is -2.02. The van der Waals surface area contributed by atoms with E-state index in [9.17, 15) is 4.39 Å². The van der Waals surface area contributed by atoms with Gasteiger partial charge in [-0.3, -0.25) is 0 Å². The van der Waals surface area contributed by atoms with Crippen LogP contribution in [-0.2, 0) is 0 Å². The molecule has 0 spiro atoms. The maximum atomic E-state index is 13.0. The summed E-state index contributed by atoms with van der Waals surface area (Å²) in [6.07, 6.45) is 0. The summed E-state index contributed by atoms with van der Waals surface area (Å²) in [5, 5.41) is 6.32. The van der Waals surface area contributed by atoms with Crippen LogP contribution in [0.5, 0.6) is 0 Å². The smallest absolute Gasteiger partial charge is 0.229 e. The lowest BCUT2D eigenvalue weighted by molar-refractivity contribution is 0.628. The Kier molecular flexibility index (Phi) is 4.52. The first kappa shape index (κ1) is 15.4. The number of anilines is 4. The Morgan fingerprint density at radius 1 is 0.957 bits per heavy atom. The number of hydrogen-bond donors (Lipinski definition) is 2. The molecule has 3 aromatic rings. The van der Waals surface area contributed by atoms with Gasteiger partial charge in [-0.25, -0.2) is 9.37 Å². The number of nitrogens with one attached hydrogen (secondary N) is 2. The number of nitrogens with zero attached hydrogens (tertiary/aromatic N) is 2. The van der Waals surface area contributed by atoms with Gasteiger partial charge in [0.15, 0.2) is 0 Å². The molecule has 3 rings (SSSR count). The van der Waals surface area contributed by atoms with E-state index in [4.69, 9.17) is 0 Å². The summed E-state index contributed by atoms with van der Waals surface area (Å²) >= 11 is 3.48. The highest BCUT2D eigenvalue weighted by Crippen LogP contribution is 2.25. The monoisotopic (exact) mass is 372 g/mol. The summed E-state index contributed by atoms with van der Waals surface area (Å²) in [6.45, 7) is 1.89. The van der Waals surface area contributed by atoms with Gasteiger partial charge in [-0.05, 0) is 59.3 Å². The standard InChI is InChI=1S/C17H14BrFN4/c1-11-10-16(21-13-8-6-12(19)7-9-13)23-17(20-11)22-15-5-3-2-4-14(15)18/h2-10H,1H3,(H2,20,21,22,23).